The number of halogens is 1. The van der Waals surface area contributed by atoms with Crippen LogP contribution >= 0.6 is 27.3 Å². The van der Waals surface area contributed by atoms with Gasteiger partial charge >= 0.3 is 0 Å². The van der Waals surface area contributed by atoms with Crippen LogP contribution in [0.15, 0.2) is 114 Å². The maximum atomic E-state index is 3.67. The van der Waals surface area contributed by atoms with Crippen LogP contribution in [0.5, 0.6) is 0 Å². The van der Waals surface area contributed by atoms with Gasteiger partial charge in [-0.15, -0.1) is 11.3 Å². The number of benzene rings is 5. The Morgan fingerprint density at radius 2 is 1.39 bits per heavy atom. The number of hydrogen-bond donors (Lipinski definition) is 0. The van der Waals surface area contributed by atoms with Crippen molar-refractivity contribution in [2.75, 3.05) is 0 Å². The molecule has 3 heteroatoms. The minimum atomic E-state index is 1.12. The Morgan fingerprint density at radius 3 is 2.30 bits per heavy atom. The van der Waals surface area contributed by atoms with Gasteiger partial charge in [-0.05, 0) is 65.7 Å². The molecular weight excluding hydrogens is 486 g/mol. The predicted molar refractivity (Wildman–Crippen MR) is 147 cm³/mol. The molecule has 0 spiro atoms. The van der Waals surface area contributed by atoms with Crippen molar-refractivity contribution in [2.45, 2.75) is 0 Å². The van der Waals surface area contributed by atoms with Crippen LogP contribution in [0.4, 0.5) is 0 Å². The van der Waals surface area contributed by atoms with Crippen molar-refractivity contribution in [1.82, 2.24) is 4.57 Å². The van der Waals surface area contributed by atoms with E-state index in [-0.39, 0.29) is 0 Å². The van der Waals surface area contributed by atoms with Crippen LogP contribution in [-0.4, -0.2) is 4.57 Å². The van der Waals surface area contributed by atoms with E-state index in [4.69, 9.17) is 0 Å². The Labute approximate surface area is 203 Å². The lowest BCUT2D eigenvalue weighted by molar-refractivity contribution is 1.18. The maximum absolute atomic E-state index is 3.67. The zero-order chi connectivity index (χ0) is 21.9. The van der Waals surface area contributed by atoms with Gasteiger partial charge in [-0.25, -0.2) is 0 Å². The van der Waals surface area contributed by atoms with E-state index in [1.54, 1.807) is 0 Å². The summed E-state index contributed by atoms with van der Waals surface area (Å²) >= 11 is 5.53. The lowest BCUT2D eigenvalue weighted by Gasteiger charge is -2.09. The van der Waals surface area contributed by atoms with Crippen LogP contribution in [0, 0.1) is 0 Å². The summed E-state index contributed by atoms with van der Waals surface area (Å²) in [6.07, 6.45) is 0. The normalized spacial score (nSPS) is 11.8. The Hall–Kier alpha value is -3.40. The van der Waals surface area contributed by atoms with Gasteiger partial charge in [-0.2, -0.15) is 0 Å². The molecule has 0 aliphatic rings. The minimum absolute atomic E-state index is 1.12. The molecule has 0 aliphatic carbocycles. The number of para-hydroxylation sites is 2. The van der Waals surface area contributed by atoms with E-state index in [0.717, 1.165) is 4.47 Å². The lowest BCUT2D eigenvalue weighted by Crippen LogP contribution is -1.92. The van der Waals surface area contributed by atoms with E-state index in [0.29, 0.717) is 0 Å². The van der Waals surface area contributed by atoms with Crippen molar-refractivity contribution in [2.24, 2.45) is 0 Å². The molecule has 0 atom stereocenters. The van der Waals surface area contributed by atoms with Crippen LogP contribution in [0.2, 0.25) is 0 Å². The first-order chi connectivity index (χ1) is 16.3. The van der Waals surface area contributed by atoms with Gasteiger partial charge in [0.05, 0.1) is 11.0 Å². The SMILES string of the molecule is Brc1ccc2sc3cccc(-c4ccc5c(c4)c4ccccc4n5-c4ccccc4)c3c2c1. The third kappa shape index (κ3) is 2.90. The fourth-order valence-corrected chi connectivity index (χ4v) is 6.51. The summed E-state index contributed by atoms with van der Waals surface area (Å²) < 4.78 is 6.13. The van der Waals surface area contributed by atoms with Gasteiger partial charge in [0.2, 0.25) is 0 Å². The molecular formula is C30H18BrNS. The van der Waals surface area contributed by atoms with Gasteiger partial charge in [0.25, 0.3) is 0 Å². The molecule has 0 aliphatic heterocycles. The molecule has 7 rings (SSSR count). The molecule has 0 radical (unpaired) electrons. The molecule has 0 saturated heterocycles. The second-order valence-corrected chi connectivity index (χ2v) is 10.3. The summed E-state index contributed by atoms with van der Waals surface area (Å²) in [6, 6.07) is 39.5. The molecule has 7 aromatic rings. The third-order valence-corrected chi connectivity index (χ3v) is 8.08. The predicted octanol–water partition coefficient (Wildman–Crippen LogP) is 9.58. The highest BCUT2D eigenvalue weighted by atomic mass is 79.9. The largest absolute Gasteiger partial charge is 0.309 e. The van der Waals surface area contributed by atoms with Crippen LogP contribution in [0.25, 0.3) is 58.8 Å². The summed E-state index contributed by atoms with van der Waals surface area (Å²) in [5.74, 6) is 0. The number of nitrogens with zero attached hydrogens (tertiary/aromatic N) is 1. The van der Waals surface area contributed by atoms with Crippen molar-refractivity contribution in [3.05, 3.63) is 114 Å². The molecule has 5 aromatic carbocycles. The van der Waals surface area contributed by atoms with Crippen LogP contribution in [0.1, 0.15) is 0 Å². The average Bonchev–Trinajstić information content (AvgIpc) is 3.39. The molecule has 2 heterocycles. The quantitative estimate of drug-likeness (QED) is 0.221. The van der Waals surface area contributed by atoms with Crippen LogP contribution in [-0.2, 0) is 0 Å². The first kappa shape index (κ1) is 19.1. The fourth-order valence-electron chi connectivity index (χ4n) is 5.04. The van der Waals surface area contributed by atoms with E-state index in [2.05, 4.69) is 130 Å². The number of thiophene rings is 1. The summed E-state index contributed by atoms with van der Waals surface area (Å²) in [4.78, 5) is 0. The molecule has 1 nitrogen and oxygen atoms in total. The second-order valence-electron chi connectivity index (χ2n) is 8.34. The average molecular weight is 504 g/mol. The van der Waals surface area contributed by atoms with Gasteiger partial charge < -0.3 is 4.57 Å². The molecule has 0 bridgehead atoms. The fraction of sp³-hybridized carbons (Fsp3) is 0. The van der Waals surface area contributed by atoms with Crippen LogP contribution < -0.4 is 0 Å². The van der Waals surface area contributed by atoms with E-state index >= 15 is 0 Å². The molecule has 0 N–H and O–H groups in total. The summed E-state index contributed by atoms with van der Waals surface area (Å²) in [5, 5.41) is 5.21. The van der Waals surface area contributed by atoms with Crippen molar-refractivity contribution in [3.63, 3.8) is 0 Å². The van der Waals surface area contributed by atoms with Gasteiger partial charge in [-0.1, -0.05) is 70.5 Å². The molecule has 0 unspecified atom stereocenters. The molecule has 0 amide bonds. The Bertz CT molecular complexity index is 1830. The van der Waals surface area contributed by atoms with E-state index in [9.17, 15) is 0 Å². The monoisotopic (exact) mass is 503 g/mol. The number of aromatic nitrogens is 1. The van der Waals surface area contributed by atoms with Crippen molar-refractivity contribution in [3.8, 4) is 16.8 Å². The van der Waals surface area contributed by atoms with E-state index in [1.807, 2.05) is 11.3 Å². The second kappa shape index (κ2) is 7.31. The Kier molecular flexibility index (Phi) is 4.23. The molecule has 2 aromatic heterocycles. The van der Waals surface area contributed by atoms with E-state index in [1.165, 1.54) is 58.8 Å². The Morgan fingerprint density at radius 1 is 0.576 bits per heavy atom. The van der Waals surface area contributed by atoms with Gasteiger partial charge in [0.1, 0.15) is 0 Å². The zero-order valence-corrected chi connectivity index (χ0v) is 20.0. The van der Waals surface area contributed by atoms with Crippen LogP contribution in [0.3, 0.4) is 0 Å². The van der Waals surface area contributed by atoms with Crippen molar-refractivity contribution in [1.29, 1.82) is 0 Å². The van der Waals surface area contributed by atoms with E-state index < -0.39 is 0 Å². The molecule has 0 fully saturated rings. The third-order valence-electron chi connectivity index (χ3n) is 6.46. The van der Waals surface area contributed by atoms with Gasteiger partial charge in [-0.3, -0.25) is 0 Å². The smallest absolute Gasteiger partial charge is 0.0541 e. The number of rotatable bonds is 2. The number of fused-ring (bicyclic) bond motifs is 6. The first-order valence-electron chi connectivity index (χ1n) is 11.0. The van der Waals surface area contributed by atoms with Crippen molar-refractivity contribution < 1.29 is 0 Å². The highest BCUT2D eigenvalue weighted by Gasteiger charge is 2.15. The minimum Gasteiger partial charge on any atom is -0.309 e. The topological polar surface area (TPSA) is 4.93 Å². The lowest BCUT2D eigenvalue weighted by atomic mass is 9.98. The van der Waals surface area contributed by atoms with Gasteiger partial charge in [0.15, 0.2) is 0 Å². The molecule has 0 saturated carbocycles. The summed E-state index contributed by atoms with van der Waals surface area (Å²) in [6.45, 7) is 0. The summed E-state index contributed by atoms with van der Waals surface area (Å²) in [5.41, 5.74) is 6.20. The highest BCUT2D eigenvalue weighted by molar-refractivity contribution is 9.10. The standard InChI is InChI=1S/C30H18BrNS/c31-20-14-16-28-25(18-20)30-22(10-6-12-29(30)33-28)19-13-15-27-24(17-19)23-9-4-5-11-26(23)32(27)21-7-2-1-3-8-21/h1-18H. The summed E-state index contributed by atoms with van der Waals surface area (Å²) in [7, 11) is 0. The Balaban J connectivity index is 1.55. The zero-order valence-electron chi connectivity index (χ0n) is 17.6. The number of hydrogen-bond acceptors (Lipinski definition) is 1. The highest BCUT2D eigenvalue weighted by Crippen LogP contribution is 2.42. The maximum Gasteiger partial charge on any atom is 0.0541 e. The first-order valence-corrected chi connectivity index (χ1v) is 12.6. The molecule has 33 heavy (non-hydrogen) atoms. The van der Waals surface area contributed by atoms with Gasteiger partial charge in [0, 0.05) is 41.1 Å². The van der Waals surface area contributed by atoms with Crippen molar-refractivity contribution >= 4 is 69.2 Å². The molecule has 156 valence electrons.